The minimum atomic E-state index is -4.73. The maximum atomic E-state index is 12.9. The first-order valence-corrected chi connectivity index (χ1v) is 4.83. The fourth-order valence-electron chi connectivity index (χ4n) is 1.41. The number of halogens is 4. The number of alkyl halides is 3. The van der Waals surface area contributed by atoms with Gasteiger partial charge in [0.15, 0.2) is 0 Å². The van der Waals surface area contributed by atoms with E-state index in [1.54, 1.807) is 6.07 Å². The van der Waals surface area contributed by atoms with E-state index >= 15 is 0 Å². The fraction of sp³-hybridized carbons (Fsp3) is 0.250. The molecule has 1 N–H and O–H groups in total. The predicted molar refractivity (Wildman–Crippen MR) is 56.6 cm³/mol. The van der Waals surface area contributed by atoms with Crippen LogP contribution in [0.2, 0.25) is 0 Å². The van der Waals surface area contributed by atoms with Gasteiger partial charge in [-0.15, -0.1) is 6.42 Å². The van der Waals surface area contributed by atoms with Gasteiger partial charge in [-0.05, 0) is 17.7 Å². The van der Waals surface area contributed by atoms with Crippen molar-refractivity contribution >= 4 is 0 Å². The molecule has 0 radical (unpaired) electrons. The molecule has 1 unspecified atom stereocenters. The van der Waals surface area contributed by atoms with E-state index in [9.17, 15) is 17.6 Å². The largest absolute Gasteiger partial charge is 0.416 e. The van der Waals surface area contributed by atoms with E-state index in [0.717, 1.165) is 12.1 Å². The van der Waals surface area contributed by atoms with Gasteiger partial charge in [0.2, 0.25) is 0 Å². The molecular weight excluding hydrogens is 248 g/mol. The summed E-state index contributed by atoms with van der Waals surface area (Å²) in [6.07, 6.45) is 0.222. The van der Waals surface area contributed by atoms with E-state index in [-0.39, 0.29) is 12.1 Å². The second-order valence-electron chi connectivity index (χ2n) is 3.38. The van der Waals surface area contributed by atoms with E-state index in [1.165, 1.54) is 0 Å². The maximum absolute atomic E-state index is 12.9. The van der Waals surface area contributed by atoms with Crippen LogP contribution >= 0.6 is 0 Å². The molecule has 1 atom stereocenters. The van der Waals surface area contributed by atoms with Gasteiger partial charge in [0.1, 0.15) is 11.9 Å². The van der Waals surface area contributed by atoms with Crippen molar-refractivity contribution < 1.29 is 17.6 Å². The summed E-state index contributed by atoms with van der Waals surface area (Å²) in [6, 6.07) is 2.57. The van der Waals surface area contributed by atoms with Crippen molar-refractivity contribution in [2.45, 2.75) is 12.2 Å². The molecule has 0 amide bonds. The first-order chi connectivity index (χ1) is 8.40. The van der Waals surface area contributed by atoms with Gasteiger partial charge in [-0.2, -0.15) is 18.4 Å². The number of terminal acetylenes is 1. The Hall–Kier alpha value is -2.05. The number of hydrogen-bond donors (Lipinski definition) is 1. The molecule has 1 aromatic carbocycles. The molecule has 2 nitrogen and oxygen atoms in total. The van der Waals surface area contributed by atoms with Crippen molar-refractivity contribution in [1.29, 1.82) is 5.26 Å². The molecule has 0 aromatic heterocycles. The monoisotopic (exact) mass is 256 g/mol. The van der Waals surface area contributed by atoms with Crippen LogP contribution in [0.5, 0.6) is 0 Å². The minimum Gasteiger partial charge on any atom is -0.287 e. The van der Waals surface area contributed by atoms with Gasteiger partial charge in [-0.3, -0.25) is 5.32 Å². The Morgan fingerprint density at radius 2 is 2.06 bits per heavy atom. The highest BCUT2D eigenvalue weighted by Crippen LogP contribution is 2.34. The summed E-state index contributed by atoms with van der Waals surface area (Å²) in [7, 11) is 0. The van der Waals surface area contributed by atoms with Crippen LogP contribution in [0.3, 0.4) is 0 Å². The van der Waals surface area contributed by atoms with Crippen molar-refractivity contribution in [3.05, 3.63) is 35.1 Å². The molecule has 6 heteroatoms. The molecule has 0 saturated carbocycles. The first kappa shape index (κ1) is 14.0. The lowest BCUT2D eigenvalue weighted by Gasteiger charge is -2.16. The Morgan fingerprint density at radius 1 is 1.39 bits per heavy atom. The zero-order valence-electron chi connectivity index (χ0n) is 9.05. The molecule has 0 bridgehead atoms. The highest BCUT2D eigenvalue weighted by atomic mass is 19.4. The van der Waals surface area contributed by atoms with E-state index in [4.69, 9.17) is 11.7 Å². The van der Waals surface area contributed by atoms with Gasteiger partial charge >= 0.3 is 6.18 Å². The Balaban J connectivity index is 3.23. The van der Waals surface area contributed by atoms with Gasteiger partial charge in [0.25, 0.3) is 0 Å². The summed E-state index contributed by atoms with van der Waals surface area (Å²) in [5.74, 6) is 1.14. The Labute approximate surface area is 101 Å². The summed E-state index contributed by atoms with van der Waals surface area (Å²) < 4.78 is 51.0. The van der Waals surface area contributed by atoms with Crippen molar-refractivity contribution in [3.8, 4) is 18.4 Å². The van der Waals surface area contributed by atoms with E-state index in [1.807, 2.05) is 0 Å². The molecule has 0 saturated heterocycles. The van der Waals surface area contributed by atoms with Crippen molar-refractivity contribution in [1.82, 2.24) is 5.32 Å². The molecule has 18 heavy (non-hydrogen) atoms. The van der Waals surface area contributed by atoms with Gasteiger partial charge in [0, 0.05) is 0 Å². The lowest BCUT2D eigenvalue weighted by molar-refractivity contribution is -0.138. The van der Waals surface area contributed by atoms with Crippen LogP contribution in [-0.2, 0) is 6.18 Å². The first-order valence-electron chi connectivity index (χ1n) is 4.83. The van der Waals surface area contributed by atoms with Crippen molar-refractivity contribution in [2.75, 3.05) is 6.54 Å². The predicted octanol–water partition coefficient (Wildman–Crippen LogP) is 2.63. The molecule has 1 rings (SSSR count). The Morgan fingerprint density at radius 3 is 2.56 bits per heavy atom. The normalized spacial score (nSPS) is 12.6. The molecule has 0 fully saturated rings. The van der Waals surface area contributed by atoms with Crippen molar-refractivity contribution in [2.24, 2.45) is 0 Å². The molecule has 0 aliphatic rings. The van der Waals surface area contributed by atoms with Crippen LogP contribution in [0.25, 0.3) is 0 Å². The lowest BCUT2D eigenvalue weighted by Crippen LogP contribution is -2.23. The number of benzene rings is 1. The highest BCUT2D eigenvalue weighted by molar-refractivity contribution is 5.36. The molecule has 0 spiro atoms. The smallest absolute Gasteiger partial charge is 0.287 e. The standard InChI is InChI=1S/C12H8F4N2/c1-2-5-18-11(7-17)9-4-3-8(13)6-10(9)12(14,15)16/h1,3-4,6,11,18H,5H2. The summed E-state index contributed by atoms with van der Waals surface area (Å²) in [4.78, 5) is 0. The third-order valence-electron chi connectivity index (χ3n) is 2.17. The van der Waals surface area contributed by atoms with Gasteiger partial charge in [-0.25, -0.2) is 4.39 Å². The van der Waals surface area contributed by atoms with Gasteiger partial charge < -0.3 is 0 Å². The zero-order valence-corrected chi connectivity index (χ0v) is 9.05. The molecule has 0 aliphatic heterocycles. The summed E-state index contributed by atoms with van der Waals surface area (Å²) in [5.41, 5.74) is -1.53. The quantitative estimate of drug-likeness (QED) is 0.666. The van der Waals surface area contributed by atoms with Gasteiger partial charge in [-0.1, -0.05) is 12.0 Å². The molecule has 0 aliphatic carbocycles. The second-order valence-corrected chi connectivity index (χ2v) is 3.38. The maximum Gasteiger partial charge on any atom is 0.416 e. The number of rotatable bonds is 3. The third-order valence-corrected chi connectivity index (χ3v) is 2.17. The second kappa shape index (κ2) is 5.52. The topological polar surface area (TPSA) is 35.8 Å². The van der Waals surface area contributed by atoms with Crippen molar-refractivity contribution in [3.63, 3.8) is 0 Å². The van der Waals surface area contributed by atoms with Crippen LogP contribution in [0.4, 0.5) is 17.6 Å². The van der Waals surface area contributed by atoms with Crippen LogP contribution in [0, 0.1) is 29.5 Å². The van der Waals surface area contributed by atoms with Crippen LogP contribution in [0.15, 0.2) is 18.2 Å². The van der Waals surface area contributed by atoms with E-state index in [2.05, 4.69) is 11.2 Å². The zero-order chi connectivity index (χ0) is 13.8. The average molecular weight is 256 g/mol. The Kier molecular flexibility index (Phi) is 4.30. The minimum absolute atomic E-state index is 0.0626. The van der Waals surface area contributed by atoms with Crippen LogP contribution < -0.4 is 5.32 Å². The summed E-state index contributed by atoms with van der Waals surface area (Å²) >= 11 is 0. The van der Waals surface area contributed by atoms with E-state index in [0.29, 0.717) is 6.07 Å². The lowest BCUT2D eigenvalue weighted by atomic mass is 10.0. The summed E-state index contributed by atoms with van der Waals surface area (Å²) in [5, 5.41) is 11.3. The Bertz CT molecular complexity index is 508. The summed E-state index contributed by atoms with van der Waals surface area (Å²) in [6.45, 7) is -0.0626. The SMILES string of the molecule is C#CCNC(C#N)c1ccc(F)cc1C(F)(F)F. The highest BCUT2D eigenvalue weighted by Gasteiger charge is 2.35. The molecule has 0 heterocycles. The average Bonchev–Trinajstić information content (AvgIpc) is 2.30. The van der Waals surface area contributed by atoms with Crippen LogP contribution in [0.1, 0.15) is 17.2 Å². The fourth-order valence-corrected chi connectivity index (χ4v) is 1.41. The number of nitrogens with one attached hydrogen (secondary N) is 1. The third kappa shape index (κ3) is 3.22. The number of nitrogens with zero attached hydrogens (tertiary/aromatic N) is 1. The number of nitriles is 1. The van der Waals surface area contributed by atoms with E-state index < -0.39 is 23.6 Å². The van der Waals surface area contributed by atoms with Gasteiger partial charge in [0.05, 0.1) is 18.2 Å². The molecule has 94 valence electrons. The van der Waals surface area contributed by atoms with Crippen LogP contribution in [-0.4, -0.2) is 6.54 Å². The number of hydrogen-bond acceptors (Lipinski definition) is 2. The molecule has 1 aromatic rings. The molecular formula is C12H8F4N2.